The van der Waals surface area contributed by atoms with Crippen LogP contribution in [0.25, 0.3) is 11.3 Å². The Morgan fingerprint density at radius 2 is 2.08 bits per heavy atom. The molecule has 1 fully saturated rings. The van der Waals surface area contributed by atoms with E-state index in [9.17, 15) is 0 Å². The highest BCUT2D eigenvalue weighted by Gasteiger charge is 2.18. The van der Waals surface area contributed by atoms with Crippen molar-refractivity contribution >= 4 is 35.2 Å². The highest BCUT2D eigenvalue weighted by molar-refractivity contribution is 6.33. The van der Waals surface area contributed by atoms with E-state index in [0.717, 1.165) is 17.8 Å². The molecule has 7 heteroatoms. The van der Waals surface area contributed by atoms with Crippen LogP contribution in [0.1, 0.15) is 26.2 Å². The van der Waals surface area contributed by atoms with Gasteiger partial charge in [0.1, 0.15) is 11.6 Å². The van der Waals surface area contributed by atoms with E-state index in [0.29, 0.717) is 22.5 Å². The van der Waals surface area contributed by atoms with Crippen molar-refractivity contribution in [3.63, 3.8) is 0 Å². The summed E-state index contributed by atoms with van der Waals surface area (Å²) in [6.45, 7) is 2.05. The Labute approximate surface area is 157 Å². The molecule has 1 heterocycles. The maximum absolute atomic E-state index is 6.26. The lowest BCUT2D eigenvalue weighted by Gasteiger charge is -2.11. The quantitative estimate of drug-likeness (QED) is 0.401. The fraction of sp³-hybridized carbons (Fsp3) is 0.278. The van der Waals surface area contributed by atoms with Crippen molar-refractivity contribution in [3.8, 4) is 11.3 Å². The molecule has 130 valence electrons. The number of hydrazone groups is 1. The number of hydrogen-bond donors (Lipinski definition) is 2. The standard InChI is InChI=1S/C18H19Cl2N5/c1-2-5-16(25-21-11-12-8-9-12)23-17-10-15(22-18(20)24-17)13-6-3-4-7-14(13)19/h3-7,10-12,25H,2,8-9H2,1H3,(H,22,23,24)/b16-5-,21-11+. The lowest BCUT2D eigenvalue weighted by Crippen LogP contribution is -2.15. The minimum Gasteiger partial charge on any atom is -0.325 e. The first-order valence-electron chi connectivity index (χ1n) is 8.21. The van der Waals surface area contributed by atoms with Gasteiger partial charge in [0.25, 0.3) is 0 Å². The van der Waals surface area contributed by atoms with Gasteiger partial charge in [0.05, 0.1) is 5.69 Å². The Morgan fingerprint density at radius 1 is 1.28 bits per heavy atom. The van der Waals surface area contributed by atoms with Crippen molar-refractivity contribution in [2.75, 3.05) is 5.32 Å². The van der Waals surface area contributed by atoms with E-state index in [4.69, 9.17) is 23.2 Å². The predicted octanol–water partition coefficient (Wildman–Crippen LogP) is 5.10. The molecule has 0 radical (unpaired) electrons. The normalized spacial score (nSPS) is 14.8. The van der Waals surface area contributed by atoms with Gasteiger partial charge < -0.3 is 5.32 Å². The number of allylic oxidation sites excluding steroid dienone is 1. The van der Waals surface area contributed by atoms with Gasteiger partial charge >= 0.3 is 0 Å². The van der Waals surface area contributed by atoms with Gasteiger partial charge in [-0.05, 0) is 48.9 Å². The minimum absolute atomic E-state index is 0.150. The summed E-state index contributed by atoms with van der Waals surface area (Å²) in [7, 11) is 0. The third-order valence-electron chi connectivity index (χ3n) is 3.61. The monoisotopic (exact) mass is 375 g/mol. The Morgan fingerprint density at radius 3 is 2.80 bits per heavy atom. The zero-order valence-corrected chi connectivity index (χ0v) is 15.3. The van der Waals surface area contributed by atoms with Crippen LogP contribution in [0.3, 0.4) is 0 Å². The van der Waals surface area contributed by atoms with E-state index in [1.54, 1.807) is 0 Å². The molecule has 2 aromatic rings. The summed E-state index contributed by atoms with van der Waals surface area (Å²) < 4.78 is 0. The molecular weight excluding hydrogens is 357 g/mol. The van der Waals surface area contributed by atoms with Gasteiger partial charge in [-0.25, -0.2) is 9.97 Å². The van der Waals surface area contributed by atoms with Crippen LogP contribution >= 0.6 is 23.2 Å². The Hall–Kier alpha value is -2.11. The molecule has 5 nitrogen and oxygen atoms in total. The lowest BCUT2D eigenvalue weighted by molar-refractivity contribution is 0.874. The minimum atomic E-state index is 0.150. The molecule has 0 bridgehead atoms. The molecule has 0 spiro atoms. The van der Waals surface area contributed by atoms with Crippen molar-refractivity contribution in [1.29, 1.82) is 0 Å². The first-order chi connectivity index (χ1) is 12.2. The number of halogens is 2. The van der Waals surface area contributed by atoms with Gasteiger partial charge in [-0.1, -0.05) is 36.7 Å². The lowest BCUT2D eigenvalue weighted by atomic mass is 10.1. The van der Waals surface area contributed by atoms with Crippen LogP contribution in [-0.2, 0) is 0 Å². The van der Waals surface area contributed by atoms with Crippen molar-refractivity contribution in [2.24, 2.45) is 11.0 Å². The summed E-state index contributed by atoms with van der Waals surface area (Å²) >= 11 is 12.3. The number of nitrogens with one attached hydrogen (secondary N) is 2. The Bertz CT molecular complexity index is 800. The summed E-state index contributed by atoms with van der Waals surface area (Å²) in [4.78, 5) is 8.51. The smallest absolute Gasteiger partial charge is 0.224 e. The maximum Gasteiger partial charge on any atom is 0.224 e. The first-order valence-corrected chi connectivity index (χ1v) is 8.97. The number of hydrogen-bond acceptors (Lipinski definition) is 5. The van der Waals surface area contributed by atoms with Gasteiger partial charge in [-0.3, -0.25) is 5.43 Å². The second-order valence-corrected chi connectivity index (χ2v) is 6.51. The van der Waals surface area contributed by atoms with E-state index in [1.165, 1.54) is 12.8 Å². The maximum atomic E-state index is 6.26. The van der Waals surface area contributed by atoms with Crippen molar-refractivity contribution in [3.05, 3.63) is 52.5 Å². The highest BCUT2D eigenvalue weighted by Crippen LogP contribution is 2.28. The van der Waals surface area contributed by atoms with Crippen LogP contribution < -0.4 is 10.7 Å². The van der Waals surface area contributed by atoms with Crippen LogP contribution in [0.5, 0.6) is 0 Å². The molecule has 1 aromatic carbocycles. The fourth-order valence-electron chi connectivity index (χ4n) is 2.21. The third-order valence-corrected chi connectivity index (χ3v) is 4.11. The zero-order chi connectivity index (χ0) is 17.6. The SMILES string of the molecule is CC/C=C(\N/N=C/C1CC1)Nc1cc(-c2ccccc2Cl)nc(Cl)n1. The van der Waals surface area contributed by atoms with Gasteiger partial charge in [-0.15, -0.1) is 0 Å². The summed E-state index contributed by atoms with van der Waals surface area (Å²) in [5, 5.41) is 8.23. The molecule has 0 amide bonds. The van der Waals surface area contributed by atoms with Crippen molar-refractivity contribution in [1.82, 2.24) is 15.4 Å². The Balaban J connectivity index is 1.81. The molecule has 1 saturated carbocycles. The van der Waals surface area contributed by atoms with Crippen LogP contribution in [0, 0.1) is 5.92 Å². The highest BCUT2D eigenvalue weighted by atomic mass is 35.5. The van der Waals surface area contributed by atoms with Gasteiger partial charge in [0, 0.05) is 22.9 Å². The first kappa shape index (κ1) is 17.7. The van der Waals surface area contributed by atoms with E-state index in [1.807, 2.05) is 42.6 Å². The fourth-order valence-corrected chi connectivity index (χ4v) is 2.63. The predicted molar refractivity (Wildman–Crippen MR) is 104 cm³/mol. The van der Waals surface area contributed by atoms with Crippen LogP contribution in [0.4, 0.5) is 5.82 Å². The molecule has 1 aliphatic rings. The molecule has 1 aromatic heterocycles. The molecule has 25 heavy (non-hydrogen) atoms. The molecule has 2 N–H and O–H groups in total. The number of anilines is 1. The van der Waals surface area contributed by atoms with E-state index < -0.39 is 0 Å². The largest absolute Gasteiger partial charge is 0.325 e. The van der Waals surface area contributed by atoms with Crippen molar-refractivity contribution < 1.29 is 0 Å². The molecule has 0 aliphatic heterocycles. The van der Waals surface area contributed by atoms with Gasteiger partial charge in [0.15, 0.2) is 0 Å². The Kier molecular flexibility index (Phi) is 5.89. The molecule has 3 rings (SSSR count). The van der Waals surface area contributed by atoms with Gasteiger partial charge in [0.2, 0.25) is 5.28 Å². The van der Waals surface area contributed by atoms with Crippen molar-refractivity contribution in [2.45, 2.75) is 26.2 Å². The second kappa shape index (κ2) is 8.32. The molecule has 1 aliphatic carbocycles. The van der Waals surface area contributed by atoms with Gasteiger partial charge in [-0.2, -0.15) is 5.10 Å². The molecular formula is C18H19Cl2N5. The van der Waals surface area contributed by atoms with Crippen LogP contribution in [0.2, 0.25) is 10.3 Å². The van der Waals surface area contributed by atoms with Crippen LogP contribution in [-0.4, -0.2) is 16.2 Å². The average molecular weight is 376 g/mol. The number of nitrogens with zero attached hydrogens (tertiary/aromatic N) is 3. The summed E-state index contributed by atoms with van der Waals surface area (Å²) in [6, 6.07) is 9.30. The molecule has 0 saturated heterocycles. The van der Waals surface area contributed by atoms with E-state index in [-0.39, 0.29) is 5.28 Å². The topological polar surface area (TPSA) is 62.2 Å². The second-order valence-electron chi connectivity index (χ2n) is 5.77. The third kappa shape index (κ3) is 5.18. The number of aromatic nitrogens is 2. The summed E-state index contributed by atoms with van der Waals surface area (Å²) in [6.07, 6.45) is 7.22. The number of benzene rings is 1. The van der Waals surface area contributed by atoms with Crippen LogP contribution in [0.15, 0.2) is 47.3 Å². The number of rotatable bonds is 7. The molecule has 0 unspecified atom stereocenters. The van der Waals surface area contributed by atoms with E-state index in [2.05, 4.69) is 32.7 Å². The molecule has 0 atom stereocenters. The summed E-state index contributed by atoms with van der Waals surface area (Å²) in [5.41, 5.74) is 4.48. The average Bonchev–Trinajstić information content (AvgIpc) is 3.39. The van der Waals surface area contributed by atoms with E-state index >= 15 is 0 Å². The summed E-state index contributed by atoms with van der Waals surface area (Å²) in [5.74, 6) is 1.93. The zero-order valence-electron chi connectivity index (χ0n) is 13.8.